The number of rotatable bonds is 7. The van der Waals surface area contributed by atoms with Crippen molar-refractivity contribution in [1.82, 2.24) is 4.90 Å². The number of amides is 2. The lowest BCUT2D eigenvalue weighted by molar-refractivity contribution is -0.157. The largest absolute Gasteiger partial charge is 0.497 e. The Labute approximate surface area is 212 Å². The number of esters is 1. The van der Waals surface area contributed by atoms with E-state index in [0.29, 0.717) is 36.7 Å². The van der Waals surface area contributed by atoms with Gasteiger partial charge in [0.1, 0.15) is 11.5 Å². The summed E-state index contributed by atoms with van der Waals surface area (Å²) in [5, 5.41) is 0. The summed E-state index contributed by atoms with van der Waals surface area (Å²) < 4.78 is 16.1. The van der Waals surface area contributed by atoms with Gasteiger partial charge in [-0.3, -0.25) is 14.4 Å². The lowest BCUT2D eigenvalue weighted by atomic mass is 9.83. The Morgan fingerprint density at radius 3 is 2.03 bits per heavy atom. The van der Waals surface area contributed by atoms with Crippen molar-refractivity contribution in [3.63, 3.8) is 0 Å². The molecule has 2 aliphatic heterocycles. The molecule has 0 saturated carbocycles. The number of anilines is 1. The van der Waals surface area contributed by atoms with Gasteiger partial charge >= 0.3 is 5.97 Å². The Hall–Kier alpha value is -3.55. The predicted molar refractivity (Wildman–Crippen MR) is 135 cm³/mol. The van der Waals surface area contributed by atoms with Crippen LogP contribution in [-0.4, -0.2) is 56.6 Å². The quantitative estimate of drug-likeness (QED) is 0.538. The molecule has 0 bridgehead atoms. The molecule has 0 spiro atoms. The van der Waals surface area contributed by atoms with Crippen molar-refractivity contribution in [2.75, 3.05) is 38.8 Å². The molecule has 4 rings (SSSR count). The van der Waals surface area contributed by atoms with Gasteiger partial charge < -0.3 is 24.0 Å². The SMILES string of the molecule is COc1ccc(C2C(C(=O)OCC(=O)N3CCCCCC3)CCC(=O)N2c2ccc(OC)cc2)cc1. The normalized spacial score (nSPS) is 20.4. The van der Waals surface area contributed by atoms with Crippen molar-refractivity contribution in [3.8, 4) is 11.5 Å². The minimum absolute atomic E-state index is 0.0781. The summed E-state index contributed by atoms with van der Waals surface area (Å²) in [7, 11) is 3.17. The van der Waals surface area contributed by atoms with Gasteiger partial charge in [0.05, 0.1) is 26.2 Å². The zero-order chi connectivity index (χ0) is 25.5. The number of methoxy groups -OCH3 is 2. The van der Waals surface area contributed by atoms with E-state index in [0.717, 1.165) is 31.2 Å². The summed E-state index contributed by atoms with van der Waals surface area (Å²) in [6.45, 7) is 1.13. The maximum absolute atomic E-state index is 13.4. The molecule has 0 aromatic heterocycles. The third-order valence-electron chi connectivity index (χ3n) is 7.00. The molecule has 36 heavy (non-hydrogen) atoms. The molecule has 2 aromatic carbocycles. The molecular formula is C28H34N2O6. The van der Waals surface area contributed by atoms with E-state index in [9.17, 15) is 14.4 Å². The van der Waals surface area contributed by atoms with E-state index in [1.165, 1.54) is 0 Å². The predicted octanol–water partition coefficient (Wildman–Crippen LogP) is 4.13. The van der Waals surface area contributed by atoms with Gasteiger partial charge in [0, 0.05) is 25.2 Å². The second-order valence-electron chi connectivity index (χ2n) is 9.23. The van der Waals surface area contributed by atoms with Crippen LogP contribution >= 0.6 is 0 Å². The Morgan fingerprint density at radius 1 is 0.861 bits per heavy atom. The topological polar surface area (TPSA) is 85.4 Å². The van der Waals surface area contributed by atoms with Crippen LogP contribution in [0.25, 0.3) is 0 Å². The van der Waals surface area contributed by atoms with Gasteiger partial charge in [0.15, 0.2) is 6.61 Å². The van der Waals surface area contributed by atoms with Gasteiger partial charge in [-0.1, -0.05) is 25.0 Å². The van der Waals surface area contributed by atoms with Gasteiger partial charge in [0.2, 0.25) is 5.91 Å². The van der Waals surface area contributed by atoms with E-state index < -0.39 is 17.9 Å². The average molecular weight is 495 g/mol. The number of piperidine rings is 1. The molecule has 2 saturated heterocycles. The Kier molecular flexibility index (Phi) is 8.46. The van der Waals surface area contributed by atoms with Crippen molar-refractivity contribution >= 4 is 23.5 Å². The first-order chi connectivity index (χ1) is 17.5. The first-order valence-corrected chi connectivity index (χ1v) is 12.6. The van der Waals surface area contributed by atoms with Crippen LogP contribution in [0.15, 0.2) is 48.5 Å². The van der Waals surface area contributed by atoms with E-state index in [1.54, 1.807) is 36.2 Å². The molecular weight excluding hydrogens is 460 g/mol. The second-order valence-corrected chi connectivity index (χ2v) is 9.23. The van der Waals surface area contributed by atoms with E-state index in [-0.39, 0.29) is 24.8 Å². The van der Waals surface area contributed by atoms with Crippen LogP contribution in [0.4, 0.5) is 5.69 Å². The van der Waals surface area contributed by atoms with Gasteiger partial charge in [-0.2, -0.15) is 0 Å². The fraction of sp³-hybridized carbons (Fsp3) is 0.464. The summed E-state index contributed by atoms with van der Waals surface area (Å²) in [6.07, 6.45) is 4.73. The smallest absolute Gasteiger partial charge is 0.311 e. The molecule has 8 heteroatoms. The molecule has 2 heterocycles. The summed E-state index contributed by atoms with van der Waals surface area (Å²) in [5.41, 5.74) is 1.46. The Morgan fingerprint density at radius 2 is 1.44 bits per heavy atom. The summed E-state index contributed by atoms with van der Waals surface area (Å²) in [4.78, 5) is 42.7. The number of carbonyl (C=O) groups excluding carboxylic acids is 3. The van der Waals surface area contributed by atoms with E-state index in [1.807, 2.05) is 36.4 Å². The molecule has 2 fully saturated rings. The molecule has 2 amide bonds. The summed E-state index contributed by atoms with van der Waals surface area (Å²) in [5.74, 6) is 0.0298. The van der Waals surface area contributed by atoms with Crippen molar-refractivity contribution in [2.24, 2.45) is 5.92 Å². The van der Waals surface area contributed by atoms with Crippen LogP contribution < -0.4 is 14.4 Å². The van der Waals surface area contributed by atoms with Crippen LogP contribution in [0.3, 0.4) is 0 Å². The molecule has 2 unspecified atom stereocenters. The number of ether oxygens (including phenoxy) is 3. The van der Waals surface area contributed by atoms with Crippen LogP contribution in [0.2, 0.25) is 0 Å². The number of nitrogens with zero attached hydrogens (tertiary/aromatic N) is 2. The molecule has 8 nitrogen and oxygen atoms in total. The number of benzene rings is 2. The first kappa shape index (κ1) is 25.5. The highest BCUT2D eigenvalue weighted by atomic mass is 16.5. The lowest BCUT2D eigenvalue weighted by Gasteiger charge is -2.40. The van der Waals surface area contributed by atoms with Crippen molar-refractivity contribution in [3.05, 3.63) is 54.1 Å². The average Bonchev–Trinajstić information content (AvgIpc) is 3.21. The zero-order valence-corrected chi connectivity index (χ0v) is 21.0. The number of hydrogen-bond donors (Lipinski definition) is 0. The molecule has 2 aromatic rings. The minimum atomic E-state index is -0.616. The van der Waals surface area contributed by atoms with Gasteiger partial charge in [-0.25, -0.2) is 0 Å². The van der Waals surface area contributed by atoms with Gasteiger partial charge in [-0.15, -0.1) is 0 Å². The van der Waals surface area contributed by atoms with Crippen LogP contribution in [0, 0.1) is 5.92 Å². The third kappa shape index (κ3) is 5.80. The maximum atomic E-state index is 13.4. The summed E-state index contributed by atoms with van der Waals surface area (Å²) in [6, 6.07) is 14.0. The van der Waals surface area contributed by atoms with Crippen molar-refractivity contribution in [1.29, 1.82) is 0 Å². The highest BCUT2D eigenvalue weighted by Gasteiger charge is 2.42. The molecule has 0 N–H and O–H groups in total. The molecule has 192 valence electrons. The molecule has 2 atom stereocenters. The Bertz CT molecular complexity index is 1040. The molecule has 0 aliphatic carbocycles. The second kappa shape index (κ2) is 11.9. The van der Waals surface area contributed by atoms with E-state index >= 15 is 0 Å². The fourth-order valence-electron chi connectivity index (χ4n) is 5.02. The summed E-state index contributed by atoms with van der Waals surface area (Å²) >= 11 is 0. The third-order valence-corrected chi connectivity index (χ3v) is 7.00. The number of likely N-dealkylation sites (tertiary alicyclic amines) is 1. The van der Waals surface area contributed by atoms with Crippen LogP contribution in [-0.2, 0) is 19.1 Å². The molecule has 2 aliphatic rings. The fourth-order valence-corrected chi connectivity index (χ4v) is 5.02. The van der Waals surface area contributed by atoms with Crippen LogP contribution in [0.5, 0.6) is 11.5 Å². The highest BCUT2D eigenvalue weighted by Crippen LogP contribution is 2.41. The Balaban J connectivity index is 1.58. The lowest BCUT2D eigenvalue weighted by Crippen LogP contribution is -2.46. The maximum Gasteiger partial charge on any atom is 0.311 e. The standard InChI is InChI=1S/C28H34N2O6/c1-34-22-11-7-20(8-12-22)27-24(28(33)36-19-26(32)29-17-5-3-4-6-18-29)15-16-25(31)30(27)21-9-13-23(35-2)14-10-21/h7-14,24,27H,3-6,15-19H2,1-2H3. The van der Waals surface area contributed by atoms with E-state index in [4.69, 9.17) is 14.2 Å². The number of carbonyl (C=O) groups is 3. The zero-order valence-electron chi connectivity index (χ0n) is 21.0. The van der Waals surface area contributed by atoms with E-state index in [2.05, 4.69) is 0 Å². The molecule has 0 radical (unpaired) electrons. The van der Waals surface area contributed by atoms with Crippen molar-refractivity contribution in [2.45, 2.75) is 44.6 Å². The van der Waals surface area contributed by atoms with Gasteiger partial charge in [-0.05, 0) is 61.2 Å². The van der Waals surface area contributed by atoms with Gasteiger partial charge in [0.25, 0.3) is 5.91 Å². The number of hydrogen-bond acceptors (Lipinski definition) is 6. The highest BCUT2D eigenvalue weighted by molar-refractivity contribution is 5.97. The monoisotopic (exact) mass is 494 g/mol. The van der Waals surface area contributed by atoms with Crippen molar-refractivity contribution < 1.29 is 28.6 Å². The van der Waals surface area contributed by atoms with Crippen LogP contribution in [0.1, 0.15) is 50.1 Å². The first-order valence-electron chi connectivity index (χ1n) is 12.6. The minimum Gasteiger partial charge on any atom is -0.497 e.